The van der Waals surface area contributed by atoms with Crippen LogP contribution in [0.3, 0.4) is 0 Å². The molecule has 0 saturated heterocycles. The third-order valence-corrected chi connectivity index (χ3v) is 1.42. The van der Waals surface area contributed by atoms with Gasteiger partial charge in [-0.05, 0) is 39.7 Å². The molecule has 11 heavy (non-hydrogen) atoms. The van der Waals surface area contributed by atoms with Crippen molar-refractivity contribution < 1.29 is 0 Å². The van der Waals surface area contributed by atoms with E-state index in [0.717, 1.165) is 12.8 Å². The van der Waals surface area contributed by atoms with Crippen LogP contribution in [0.1, 0.15) is 33.6 Å². The van der Waals surface area contributed by atoms with Gasteiger partial charge in [-0.3, -0.25) is 0 Å². The Kier molecular flexibility index (Phi) is 5.29. The number of hydrogen-bond donors (Lipinski definition) is 0. The molecule has 0 spiro atoms. The minimum absolute atomic E-state index is 1.08. The molecule has 0 aliphatic carbocycles. The highest BCUT2D eigenvalue weighted by atomic mass is 13.9. The smallest absolute Gasteiger partial charge is 0.0132 e. The first-order chi connectivity index (χ1) is 5.16. The highest BCUT2D eigenvalue weighted by molar-refractivity contribution is 5.16. The van der Waals surface area contributed by atoms with Crippen LogP contribution in [0.15, 0.2) is 23.3 Å². The van der Waals surface area contributed by atoms with E-state index in [2.05, 4.69) is 32.8 Å². The molecular weight excluding hydrogens is 132 g/mol. The summed E-state index contributed by atoms with van der Waals surface area (Å²) in [6, 6.07) is 0. The summed E-state index contributed by atoms with van der Waals surface area (Å²) >= 11 is 0. The van der Waals surface area contributed by atoms with Crippen molar-refractivity contribution in [3.05, 3.63) is 23.3 Å². The van der Waals surface area contributed by atoms with Crippen LogP contribution < -0.4 is 0 Å². The van der Waals surface area contributed by atoms with Crippen molar-refractivity contribution in [2.75, 3.05) is 0 Å². The van der Waals surface area contributed by atoms with Crippen LogP contribution in [0, 0.1) is 12.3 Å². The monoisotopic (exact) mass is 148 g/mol. The van der Waals surface area contributed by atoms with E-state index in [0.29, 0.717) is 0 Å². The largest absolute Gasteiger partial charge is 0.115 e. The predicted octanol–water partition coefficient (Wildman–Crippen LogP) is 3.31. The standard InChI is InChI=1S/C11H16/c1-5-7-11(4)9-6-8-10(2)3/h1,7-8H,6,9H2,2-4H3/b11-7+. The first kappa shape index (κ1) is 10.0. The molecule has 0 aliphatic heterocycles. The lowest BCUT2D eigenvalue weighted by Gasteiger charge is -1.94. The molecule has 0 atom stereocenters. The summed E-state index contributed by atoms with van der Waals surface area (Å²) in [6.45, 7) is 6.29. The fourth-order valence-corrected chi connectivity index (χ4v) is 0.803. The van der Waals surface area contributed by atoms with Gasteiger partial charge in [-0.25, -0.2) is 0 Å². The van der Waals surface area contributed by atoms with Crippen LogP contribution in [0.5, 0.6) is 0 Å². The van der Waals surface area contributed by atoms with Gasteiger partial charge in [0.25, 0.3) is 0 Å². The fraction of sp³-hybridized carbons (Fsp3) is 0.455. The summed E-state index contributed by atoms with van der Waals surface area (Å²) in [5.74, 6) is 2.52. The second kappa shape index (κ2) is 5.80. The zero-order valence-corrected chi connectivity index (χ0v) is 7.65. The van der Waals surface area contributed by atoms with Crippen molar-refractivity contribution in [1.29, 1.82) is 0 Å². The van der Waals surface area contributed by atoms with Gasteiger partial charge >= 0.3 is 0 Å². The second-order valence-electron chi connectivity index (χ2n) is 2.98. The Morgan fingerprint density at radius 2 is 2.00 bits per heavy atom. The lowest BCUT2D eigenvalue weighted by atomic mass is 10.1. The van der Waals surface area contributed by atoms with Crippen LogP contribution >= 0.6 is 0 Å². The summed E-state index contributed by atoms with van der Waals surface area (Å²) in [5.41, 5.74) is 2.66. The first-order valence-corrected chi connectivity index (χ1v) is 3.92. The van der Waals surface area contributed by atoms with Gasteiger partial charge in [-0.2, -0.15) is 0 Å². The van der Waals surface area contributed by atoms with Gasteiger partial charge in [-0.1, -0.05) is 23.1 Å². The van der Waals surface area contributed by atoms with Gasteiger partial charge in [0.05, 0.1) is 0 Å². The van der Waals surface area contributed by atoms with E-state index < -0.39 is 0 Å². The normalized spacial score (nSPS) is 10.5. The second-order valence-corrected chi connectivity index (χ2v) is 2.98. The maximum Gasteiger partial charge on any atom is -0.0132 e. The van der Waals surface area contributed by atoms with Gasteiger partial charge in [0.1, 0.15) is 0 Å². The van der Waals surface area contributed by atoms with E-state index in [1.54, 1.807) is 0 Å². The Hall–Kier alpha value is -0.960. The maximum atomic E-state index is 5.12. The third kappa shape index (κ3) is 6.93. The molecule has 0 nitrogen and oxygen atoms in total. The van der Waals surface area contributed by atoms with Crippen molar-refractivity contribution >= 4 is 0 Å². The lowest BCUT2D eigenvalue weighted by Crippen LogP contribution is -1.75. The molecule has 0 saturated carbocycles. The molecule has 0 fully saturated rings. The Morgan fingerprint density at radius 1 is 1.36 bits per heavy atom. The van der Waals surface area contributed by atoms with Crippen molar-refractivity contribution in [3.8, 4) is 12.3 Å². The minimum Gasteiger partial charge on any atom is -0.115 e. The zero-order chi connectivity index (χ0) is 8.69. The van der Waals surface area contributed by atoms with Gasteiger partial charge < -0.3 is 0 Å². The number of rotatable bonds is 3. The molecule has 0 amide bonds. The molecule has 0 heteroatoms. The first-order valence-electron chi connectivity index (χ1n) is 3.92. The molecule has 0 aliphatic rings. The molecule has 0 rings (SSSR count). The van der Waals surface area contributed by atoms with E-state index >= 15 is 0 Å². The van der Waals surface area contributed by atoms with E-state index in [1.165, 1.54) is 11.1 Å². The lowest BCUT2D eigenvalue weighted by molar-refractivity contribution is 0.968. The number of terminal acetylenes is 1. The topological polar surface area (TPSA) is 0 Å². The summed E-state index contributed by atoms with van der Waals surface area (Å²) < 4.78 is 0. The van der Waals surface area contributed by atoms with Gasteiger partial charge in [0.15, 0.2) is 0 Å². The summed E-state index contributed by atoms with van der Waals surface area (Å²) in [6.07, 6.45) is 11.4. The number of hydrogen-bond acceptors (Lipinski definition) is 0. The molecule has 60 valence electrons. The molecular formula is C11H16. The predicted molar refractivity (Wildman–Crippen MR) is 51.3 cm³/mol. The Bertz CT molecular complexity index is 195. The molecule has 0 bridgehead atoms. The fourth-order valence-electron chi connectivity index (χ4n) is 0.803. The van der Waals surface area contributed by atoms with Crippen LogP contribution in [0.2, 0.25) is 0 Å². The Balaban J connectivity index is 3.65. The third-order valence-electron chi connectivity index (χ3n) is 1.42. The zero-order valence-electron chi connectivity index (χ0n) is 7.65. The number of allylic oxidation sites excluding steroid dienone is 4. The van der Waals surface area contributed by atoms with Crippen LogP contribution in [0.4, 0.5) is 0 Å². The Morgan fingerprint density at radius 3 is 2.45 bits per heavy atom. The summed E-state index contributed by atoms with van der Waals surface area (Å²) in [4.78, 5) is 0. The maximum absolute atomic E-state index is 5.12. The molecule has 0 radical (unpaired) electrons. The van der Waals surface area contributed by atoms with E-state index in [1.807, 2.05) is 6.08 Å². The average molecular weight is 148 g/mol. The van der Waals surface area contributed by atoms with Crippen LogP contribution in [-0.2, 0) is 0 Å². The van der Waals surface area contributed by atoms with E-state index in [4.69, 9.17) is 6.42 Å². The SMILES string of the molecule is C#C/C=C(\C)CCC=C(C)C. The van der Waals surface area contributed by atoms with Crippen molar-refractivity contribution in [2.24, 2.45) is 0 Å². The molecule has 0 aromatic heterocycles. The van der Waals surface area contributed by atoms with Crippen LogP contribution in [0.25, 0.3) is 0 Å². The molecule has 0 aromatic carbocycles. The van der Waals surface area contributed by atoms with Crippen molar-refractivity contribution in [3.63, 3.8) is 0 Å². The molecule has 0 N–H and O–H groups in total. The highest BCUT2D eigenvalue weighted by Gasteiger charge is 1.85. The Labute approximate surface area is 70.0 Å². The van der Waals surface area contributed by atoms with Gasteiger partial charge in [0.2, 0.25) is 0 Å². The van der Waals surface area contributed by atoms with Gasteiger partial charge in [-0.15, -0.1) is 6.42 Å². The van der Waals surface area contributed by atoms with Gasteiger partial charge in [0, 0.05) is 0 Å². The van der Waals surface area contributed by atoms with E-state index in [9.17, 15) is 0 Å². The van der Waals surface area contributed by atoms with Crippen molar-refractivity contribution in [2.45, 2.75) is 33.6 Å². The highest BCUT2D eigenvalue weighted by Crippen LogP contribution is 2.05. The summed E-state index contributed by atoms with van der Waals surface area (Å²) in [5, 5.41) is 0. The molecule has 0 unspecified atom stereocenters. The minimum atomic E-state index is 1.08. The van der Waals surface area contributed by atoms with E-state index in [-0.39, 0.29) is 0 Å². The molecule has 0 aromatic rings. The van der Waals surface area contributed by atoms with Crippen molar-refractivity contribution in [1.82, 2.24) is 0 Å². The van der Waals surface area contributed by atoms with Crippen LogP contribution in [-0.4, -0.2) is 0 Å². The average Bonchev–Trinajstić information content (AvgIpc) is 1.87. The molecule has 0 heterocycles. The summed E-state index contributed by atoms with van der Waals surface area (Å²) in [7, 11) is 0. The quantitative estimate of drug-likeness (QED) is 0.425.